The molecule has 2 aliphatic rings. The number of Topliss-reactive ketones (excluding diaryl/α,β-unsaturated/α-hetero) is 2. The Hall–Kier alpha value is -5.01. The van der Waals surface area contributed by atoms with Crippen LogP contribution in [0.15, 0.2) is 42.5 Å². The predicted molar refractivity (Wildman–Crippen MR) is 155 cm³/mol. The highest BCUT2D eigenvalue weighted by molar-refractivity contribution is 6.12. The first-order chi connectivity index (χ1) is 21.5. The number of carbonyl (C=O) groups excluding carboxylic acids is 9. The van der Waals surface area contributed by atoms with Crippen LogP contribution in [0.4, 0.5) is 0 Å². The first-order valence-electron chi connectivity index (χ1n) is 14.8. The standard InChI is InChI=1S/C31H36N4O10/c36-22(20-32-25(38)9-5-2-6-18-34-27(40)13-14-28(34)41)10-12-26(39)33-23(19-21-7-3-1-4-8-21)24(37)11-17-31(44)45-35-29(42)15-16-30(35)43/h1,3-4,7-8,13-14,23H,2,5-6,9-12,15-20H2,(H,32,38)(H,33,39)/t23-/m0/s1. The molecule has 0 saturated carbocycles. The largest absolute Gasteiger partial charge is 0.349 e. The monoisotopic (exact) mass is 624 g/mol. The number of carbonyl (C=O) groups is 9. The first-order valence-corrected chi connectivity index (χ1v) is 14.8. The van der Waals surface area contributed by atoms with E-state index >= 15 is 0 Å². The van der Waals surface area contributed by atoms with Crippen LogP contribution < -0.4 is 10.6 Å². The molecule has 0 radical (unpaired) electrons. The van der Waals surface area contributed by atoms with Crippen molar-refractivity contribution in [1.29, 1.82) is 0 Å². The van der Waals surface area contributed by atoms with Crippen LogP contribution >= 0.6 is 0 Å². The quantitative estimate of drug-likeness (QED) is 0.163. The van der Waals surface area contributed by atoms with E-state index in [4.69, 9.17) is 4.84 Å². The number of benzene rings is 1. The minimum absolute atomic E-state index is 0.0573. The molecule has 1 atom stereocenters. The molecule has 3 rings (SSSR count). The maximum atomic E-state index is 13.0. The van der Waals surface area contributed by atoms with Crippen LogP contribution in [-0.4, -0.2) is 82.1 Å². The van der Waals surface area contributed by atoms with E-state index in [-0.39, 0.29) is 81.5 Å². The maximum absolute atomic E-state index is 13.0. The Morgan fingerprint density at radius 3 is 2.09 bits per heavy atom. The van der Waals surface area contributed by atoms with Crippen molar-refractivity contribution in [3.05, 3.63) is 48.0 Å². The van der Waals surface area contributed by atoms with E-state index in [0.29, 0.717) is 24.3 Å². The fourth-order valence-electron chi connectivity index (χ4n) is 4.58. The van der Waals surface area contributed by atoms with Crippen molar-refractivity contribution in [2.24, 2.45) is 0 Å². The van der Waals surface area contributed by atoms with Gasteiger partial charge in [-0.1, -0.05) is 36.8 Å². The molecule has 1 aromatic carbocycles. The molecule has 2 heterocycles. The number of unbranched alkanes of at least 4 members (excludes halogenated alkanes) is 2. The normalized spacial score (nSPS) is 14.9. The van der Waals surface area contributed by atoms with E-state index in [1.54, 1.807) is 30.3 Å². The molecule has 2 N–H and O–H groups in total. The molecule has 0 aromatic heterocycles. The zero-order valence-corrected chi connectivity index (χ0v) is 24.8. The highest BCUT2D eigenvalue weighted by Gasteiger charge is 2.33. The van der Waals surface area contributed by atoms with Gasteiger partial charge in [-0.15, -0.1) is 5.06 Å². The van der Waals surface area contributed by atoms with E-state index in [1.807, 2.05) is 0 Å². The van der Waals surface area contributed by atoms with E-state index in [1.165, 1.54) is 12.2 Å². The molecule has 6 amide bonds. The van der Waals surface area contributed by atoms with Crippen molar-refractivity contribution in [2.75, 3.05) is 13.1 Å². The van der Waals surface area contributed by atoms with E-state index in [9.17, 15) is 43.2 Å². The van der Waals surface area contributed by atoms with Crippen molar-refractivity contribution in [3.63, 3.8) is 0 Å². The lowest BCUT2D eigenvalue weighted by molar-refractivity contribution is -0.197. The summed E-state index contributed by atoms with van der Waals surface area (Å²) in [6, 6.07) is 7.86. The molecule has 1 saturated heterocycles. The summed E-state index contributed by atoms with van der Waals surface area (Å²) < 4.78 is 0. The maximum Gasteiger partial charge on any atom is 0.333 e. The summed E-state index contributed by atoms with van der Waals surface area (Å²) in [5.41, 5.74) is 0.751. The summed E-state index contributed by atoms with van der Waals surface area (Å²) in [4.78, 5) is 114. The van der Waals surface area contributed by atoms with Crippen LogP contribution in [0.3, 0.4) is 0 Å². The smallest absolute Gasteiger partial charge is 0.333 e. The highest BCUT2D eigenvalue weighted by atomic mass is 16.7. The number of nitrogens with one attached hydrogen (secondary N) is 2. The number of rotatable bonds is 19. The molecule has 14 heteroatoms. The van der Waals surface area contributed by atoms with Gasteiger partial charge in [0.2, 0.25) is 11.8 Å². The lowest BCUT2D eigenvalue weighted by Crippen LogP contribution is -2.43. The van der Waals surface area contributed by atoms with Gasteiger partial charge in [0.15, 0.2) is 11.6 Å². The van der Waals surface area contributed by atoms with Crippen molar-refractivity contribution in [3.8, 4) is 0 Å². The van der Waals surface area contributed by atoms with E-state index in [0.717, 1.165) is 10.5 Å². The van der Waals surface area contributed by atoms with Gasteiger partial charge in [0.05, 0.1) is 19.0 Å². The lowest BCUT2D eigenvalue weighted by Gasteiger charge is -2.18. The Morgan fingerprint density at radius 2 is 1.42 bits per heavy atom. The molecule has 2 aliphatic heterocycles. The van der Waals surface area contributed by atoms with Gasteiger partial charge >= 0.3 is 5.97 Å². The topological polar surface area (TPSA) is 193 Å². The molecule has 0 spiro atoms. The summed E-state index contributed by atoms with van der Waals surface area (Å²) in [7, 11) is 0. The average Bonchev–Trinajstić information content (AvgIpc) is 3.51. The fraction of sp³-hybridized carbons (Fsp3) is 0.452. The van der Waals surface area contributed by atoms with Gasteiger partial charge in [-0.3, -0.25) is 43.3 Å². The number of hydrogen-bond acceptors (Lipinski definition) is 10. The molecule has 14 nitrogen and oxygen atoms in total. The first kappa shape index (κ1) is 34.5. The second-order valence-corrected chi connectivity index (χ2v) is 10.6. The van der Waals surface area contributed by atoms with Gasteiger partial charge in [-0.2, -0.15) is 0 Å². The molecule has 1 aromatic rings. The lowest BCUT2D eigenvalue weighted by atomic mass is 9.99. The molecule has 0 aliphatic carbocycles. The predicted octanol–water partition coefficient (Wildman–Crippen LogP) is 0.621. The van der Waals surface area contributed by atoms with Gasteiger partial charge in [-0.25, -0.2) is 4.79 Å². The average molecular weight is 625 g/mol. The van der Waals surface area contributed by atoms with Crippen molar-refractivity contribution >= 4 is 53.0 Å². The number of ketones is 2. The van der Waals surface area contributed by atoms with Crippen LogP contribution in [-0.2, 0) is 54.4 Å². The molecule has 240 valence electrons. The molecular weight excluding hydrogens is 588 g/mol. The van der Waals surface area contributed by atoms with Crippen LogP contribution in [0.1, 0.15) is 69.8 Å². The Balaban J connectivity index is 1.36. The summed E-state index contributed by atoms with van der Waals surface area (Å²) in [6.07, 6.45) is 3.16. The summed E-state index contributed by atoms with van der Waals surface area (Å²) in [6.45, 7) is 0.0192. The van der Waals surface area contributed by atoms with Gasteiger partial charge in [0.25, 0.3) is 23.6 Å². The summed E-state index contributed by atoms with van der Waals surface area (Å²) >= 11 is 0. The Morgan fingerprint density at radius 1 is 0.756 bits per heavy atom. The minimum atomic E-state index is -1.00. The van der Waals surface area contributed by atoms with Crippen LogP contribution in [0.5, 0.6) is 0 Å². The minimum Gasteiger partial charge on any atom is -0.349 e. The zero-order valence-electron chi connectivity index (χ0n) is 24.8. The number of imide groups is 2. The van der Waals surface area contributed by atoms with Crippen molar-refractivity contribution in [1.82, 2.24) is 20.6 Å². The molecule has 0 unspecified atom stereocenters. The third-order valence-corrected chi connectivity index (χ3v) is 7.08. The third-order valence-electron chi connectivity index (χ3n) is 7.08. The Labute approximate surface area is 259 Å². The SMILES string of the molecule is O=C(CCC(=O)N[C@@H](Cc1ccccc1)C(=O)CCC(=O)ON1C(=O)CCC1=O)CNC(=O)CCCCCN1C(=O)C=CC1=O. The second-order valence-electron chi connectivity index (χ2n) is 10.6. The van der Waals surface area contributed by atoms with Gasteiger partial charge in [0.1, 0.15) is 0 Å². The van der Waals surface area contributed by atoms with Gasteiger partial charge in [-0.05, 0) is 24.8 Å². The number of nitrogens with zero attached hydrogens (tertiary/aromatic N) is 2. The molecule has 1 fully saturated rings. The van der Waals surface area contributed by atoms with Crippen LogP contribution in [0, 0.1) is 0 Å². The number of hydrogen-bond donors (Lipinski definition) is 2. The Kier molecular flexibility index (Phi) is 13.3. The van der Waals surface area contributed by atoms with Crippen molar-refractivity contribution in [2.45, 2.75) is 76.7 Å². The second kappa shape index (κ2) is 17.3. The third kappa shape index (κ3) is 11.5. The summed E-state index contributed by atoms with van der Waals surface area (Å²) in [5, 5.41) is 5.52. The molecular formula is C31H36N4O10. The van der Waals surface area contributed by atoms with Crippen LogP contribution in [0.2, 0.25) is 0 Å². The number of amides is 6. The summed E-state index contributed by atoms with van der Waals surface area (Å²) in [5.74, 6) is -4.66. The Bertz CT molecular complexity index is 1320. The van der Waals surface area contributed by atoms with Crippen LogP contribution in [0.25, 0.3) is 0 Å². The highest BCUT2D eigenvalue weighted by Crippen LogP contribution is 2.14. The van der Waals surface area contributed by atoms with Crippen molar-refractivity contribution < 1.29 is 48.0 Å². The molecule has 0 bridgehead atoms. The van der Waals surface area contributed by atoms with Gasteiger partial charge < -0.3 is 15.5 Å². The zero-order chi connectivity index (χ0) is 32.8. The van der Waals surface area contributed by atoms with E-state index in [2.05, 4.69) is 10.6 Å². The van der Waals surface area contributed by atoms with Gasteiger partial charge in [0, 0.05) is 57.2 Å². The van der Waals surface area contributed by atoms with E-state index < -0.39 is 41.9 Å². The number of hydroxylamine groups is 2. The molecule has 45 heavy (non-hydrogen) atoms. The fourth-order valence-corrected chi connectivity index (χ4v) is 4.58.